The van der Waals surface area contributed by atoms with Crippen LogP contribution >= 0.6 is 11.8 Å². The summed E-state index contributed by atoms with van der Waals surface area (Å²) in [5.74, 6) is 0.577. The third-order valence-corrected chi connectivity index (χ3v) is 5.41. The van der Waals surface area contributed by atoms with Gasteiger partial charge in [0, 0.05) is 30.2 Å². The molecule has 0 aromatic heterocycles. The maximum atomic E-state index is 12.6. The molecule has 6 nitrogen and oxygen atoms in total. The summed E-state index contributed by atoms with van der Waals surface area (Å²) in [6, 6.07) is 15.4. The molecular weight excluding hydrogens is 386 g/mol. The van der Waals surface area contributed by atoms with Gasteiger partial charge in [0.25, 0.3) is 11.8 Å². The highest BCUT2D eigenvalue weighted by Gasteiger charge is 2.19. The van der Waals surface area contributed by atoms with Gasteiger partial charge in [0.1, 0.15) is 5.75 Å². The molecule has 2 amide bonds. The molecule has 0 saturated heterocycles. The van der Waals surface area contributed by atoms with Crippen LogP contribution in [-0.4, -0.2) is 56.8 Å². The Labute approximate surface area is 177 Å². The molecule has 0 aliphatic heterocycles. The standard InChI is InChI=1S/C22H29N3O3S/c1-5-25(15-21(26)23-18-7-6-8-19(13-18)28-3)16-22(27)24(2)14-17-9-11-20(29-4)12-10-17/h6-13H,5,14-16H2,1-4H3,(H,23,26)/p+1. The number of carbonyl (C=O) groups excluding carboxylic acids is 2. The first kappa shape index (κ1) is 22.8. The van der Waals surface area contributed by atoms with Crippen molar-refractivity contribution in [1.82, 2.24) is 4.90 Å². The van der Waals surface area contributed by atoms with Crippen molar-refractivity contribution < 1.29 is 19.2 Å². The Kier molecular flexibility index (Phi) is 9.02. The van der Waals surface area contributed by atoms with Crippen LogP contribution in [0.15, 0.2) is 53.4 Å². The molecule has 0 heterocycles. The molecule has 0 bridgehead atoms. The number of carbonyl (C=O) groups is 2. The van der Waals surface area contributed by atoms with Gasteiger partial charge in [-0.3, -0.25) is 9.59 Å². The van der Waals surface area contributed by atoms with Gasteiger partial charge >= 0.3 is 0 Å². The van der Waals surface area contributed by atoms with Crippen molar-refractivity contribution in [3.05, 3.63) is 54.1 Å². The Hall–Kier alpha value is -2.51. The van der Waals surface area contributed by atoms with E-state index in [0.717, 1.165) is 10.5 Å². The van der Waals surface area contributed by atoms with Gasteiger partial charge in [0.15, 0.2) is 13.1 Å². The fourth-order valence-electron chi connectivity index (χ4n) is 2.89. The number of ether oxygens (including phenoxy) is 1. The van der Waals surface area contributed by atoms with E-state index in [1.165, 1.54) is 4.90 Å². The van der Waals surface area contributed by atoms with E-state index in [4.69, 9.17) is 4.74 Å². The van der Waals surface area contributed by atoms with E-state index >= 15 is 0 Å². The van der Waals surface area contributed by atoms with Crippen LogP contribution in [0.25, 0.3) is 0 Å². The predicted molar refractivity (Wildman–Crippen MR) is 118 cm³/mol. The highest BCUT2D eigenvalue weighted by Crippen LogP contribution is 2.16. The van der Waals surface area contributed by atoms with Gasteiger partial charge in [-0.25, -0.2) is 0 Å². The highest BCUT2D eigenvalue weighted by atomic mass is 32.2. The van der Waals surface area contributed by atoms with Crippen molar-refractivity contribution in [3.8, 4) is 5.75 Å². The number of amides is 2. The first-order valence-corrected chi connectivity index (χ1v) is 10.8. The summed E-state index contributed by atoms with van der Waals surface area (Å²) in [6.07, 6.45) is 2.04. The van der Waals surface area contributed by atoms with E-state index in [1.54, 1.807) is 36.9 Å². The van der Waals surface area contributed by atoms with Gasteiger partial charge in [-0.05, 0) is 43.0 Å². The maximum Gasteiger partial charge on any atom is 0.279 e. The van der Waals surface area contributed by atoms with E-state index in [-0.39, 0.29) is 24.9 Å². The second-order valence-electron chi connectivity index (χ2n) is 6.84. The van der Waals surface area contributed by atoms with E-state index in [0.29, 0.717) is 24.5 Å². The smallest absolute Gasteiger partial charge is 0.279 e. The van der Waals surface area contributed by atoms with E-state index in [1.807, 2.05) is 43.5 Å². The van der Waals surface area contributed by atoms with Crippen molar-refractivity contribution >= 4 is 29.3 Å². The first-order chi connectivity index (χ1) is 13.9. The molecule has 1 atom stereocenters. The lowest BCUT2D eigenvalue weighted by molar-refractivity contribution is -0.882. The van der Waals surface area contributed by atoms with Crippen LogP contribution in [0.2, 0.25) is 0 Å². The van der Waals surface area contributed by atoms with E-state index < -0.39 is 0 Å². The zero-order chi connectivity index (χ0) is 21.2. The molecule has 29 heavy (non-hydrogen) atoms. The molecule has 0 saturated carbocycles. The summed E-state index contributed by atoms with van der Waals surface area (Å²) < 4.78 is 5.17. The van der Waals surface area contributed by atoms with Gasteiger partial charge in [0.2, 0.25) is 0 Å². The number of thioether (sulfide) groups is 1. The molecule has 2 aromatic carbocycles. The normalized spacial score (nSPS) is 11.6. The van der Waals surface area contributed by atoms with Gasteiger partial charge in [-0.1, -0.05) is 18.2 Å². The third-order valence-electron chi connectivity index (χ3n) is 4.67. The Balaban J connectivity index is 1.86. The molecule has 156 valence electrons. The highest BCUT2D eigenvalue weighted by molar-refractivity contribution is 7.98. The molecule has 2 aromatic rings. The summed E-state index contributed by atoms with van der Waals surface area (Å²) in [4.78, 5) is 28.8. The summed E-state index contributed by atoms with van der Waals surface area (Å²) in [5, 5.41) is 2.87. The number of hydrogen-bond donors (Lipinski definition) is 2. The Morgan fingerprint density at radius 2 is 1.86 bits per heavy atom. The van der Waals surface area contributed by atoms with E-state index in [9.17, 15) is 9.59 Å². The van der Waals surface area contributed by atoms with Crippen LogP contribution < -0.4 is 15.0 Å². The minimum absolute atomic E-state index is 0.0185. The number of methoxy groups -OCH3 is 1. The minimum atomic E-state index is -0.127. The summed E-state index contributed by atoms with van der Waals surface area (Å²) in [6.45, 7) is 3.73. The quantitative estimate of drug-likeness (QED) is 0.581. The van der Waals surface area contributed by atoms with Crippen molar-refractivity contribution in [1.29, 1.82) is 0 Å². The zero-order valence-corrected chi connectivity index (χ0v) is 18.3. The second kappa shape index (κ2) is 11.5. The fourth-order valence-corrected chi connectivity index (χ4v) is 3.30. The number of nitrogens with one attached hydrogen (secondary N) is 2. The molecule has 0 aliphatic rings. The van der Waals surface area contributed by atoms with Crippen LogP contribution in [-0.2, 0) is 16.1 Å². The van der Waals surface area contributed by atoms with Crippen LogP contribution in [0.5, 0.6) is 5.75 Å². The SMILES string of the molecule is CC[NH+](CC(=O)Nc1cccc(OC)c1)CC(=O)N(C)Cc1ccc(SC)cc1. The fraction of sp³-hybridized carbons (Fsp3) is 0.364. The summed E-state index contributed by atoms with van der Waals surface area (Å²) in [5.41, 5.74) is 1.77. The lowest BCUT2D eigenvalue weighted by atomic mass is 10.2. The number of benzene rings is 2. The molecule has 2 N–H and O–H groups in total. The average Bonchev–Trinajstić information content (AvgIpc) is 2.73. The van der Waals surface area contributed by atoms with Crippen LogP contribution in [0, 0.1) is 0 Å². The van der Waals surface area contributed by atoms with Crippen molar-refractivity contribution in [3.63, 3.8) is 0 Å². The number of hydrogen-bond acceptors (Lipinski definition) is 4. The lowest BCUT2D eigenvalue weighted by Gasteiger charge is -2.22. The van der Waals surface area contributed by atoms with Crippen molar-refractivity contribution in [2.75, 3.05) is 45.4 Å². The topological polar surface area (TPSA) is 63.1 Å². The molecular formula is C22H30N3O3S+. The zero-order valence-electron chi connectivity index (χ0n) is 17.5. The van der Waals surface area contributed by atoms with Gasteiger partial charge in [-0.15, -0.1) is 11.8 Å². The third kappa shape index (κ3) is 7.44. The van der Waals surface area contributed by atoms with Crippen LogP contribution in [0.1, 0.15) is 12.5 Å². The summed E-state index contributed by atoms with van der Waals surface area (Å²) in [7, 11) is 3.39. The van der Waals surface area contributed by atoms with Crippen LogP contribution in [0.4, 0.5) is 5.69 Å². The van der Waals surface area contributed by atoms with E-state index in [2.05, 4.69) is 17.4 Å². The molecule has 0 spiro atoms. The molecule has 0 radical (unpaired) electrons. The second-order valence-corrected chi connectivity index (χ2v) is 7.71. The largest absolute Gasteiger partial charge is 0.497 e. The Morgan fingerprint density at radius 3 is 2.48 bits per heavy atom. The number of rotatable bonds is 10. The molecule has 1 unspecified atom stereocenters. The lowest BCUT2D eigenvalue weighted by Crippen LogP contribution is -3.13. The number of anilines is 1. The molecule has 0 aliphatic carbocycles. The number of likely N-dealkylation sites (N-methyl/N-ethyl adjacent to an activating group) is 2. The Bertz CT molecular complexity index is 811. The van der Waals surface area contributed by atoms with Gasteiger partial charge < -0.3 is 19.9 Å². The van der Waals surface area contributed by atoms with Crippen molar-refractivity contribution in [2.45, 2.75) is 18.4 Å². The molecule has 7 heteroatoms. The van der Waals surface area contributed by atoms with Gasteiger partial charge in [-0.2, -0.15) is 0 Å². The van der Waals surface area contributed by atoms with Gasteiger partial charge in [0.05, 0.1) is 13.7 Å². The minimum Gasteiger partial charge on any atom is -0.497 e. The number of quaternary nitrogens is 1. The monoisotopic (exact) mass is 416 g/mol. The van der Waals surface area contributed by atoms with Crippen LogP contribution in [0.3, 0.4) is 0 Å². The molecule has 2 rings (SSSR count). The maximum absolute atomic E-state index is 12.6. The van der Waals surface area contributed by atoms with Crippen molar-refractivity contribution in [2.24, 2.45) is 0 Å². The number of nitrogens with zero attached hydrogens (tertiary/aromatic N) is 1. The average molecular weight is 417 g/mol. The predicted octanol–water partition coefficient (Wildman–Crippen LogP) is 1.92. The Morgan fingerprint density at radius 1 is 1.14 bits per heavy atom. The first-order valence-electron chi connectivity index (χ1n) is 9.59. The molecule has 0 fully saturated rings. The summed E-state index contributed by atoms with van der Waals surface area (Å²) >= 11 is 1.69.